The normalized spacial score (nSPS) is 12.7. The first-order valence-electron chi connectivity index (χ1n) is 5.60. The van der Waals surface area contributed by atoms with Crippen LogP contribution in [0.5, 0.6) is 0 Å². The highest BCUT2D eigenvalue weighted by Crippen LogP contribution is 2.35. The molecule has 0 amide bonds. The zero-order chi connectivity index (χ0) is 12.4. The number of aryl methyl sites for hydroxylation is 2. The number of benzene rings is 1. The van der Waals surface area contributed by atoms with E-state index in [1.165, 1.54) is 9.75 Å². The third-order valence-corrected chi connectivity index (χ3v) is 5.39. The van der Waals surface area contributed by atoms with Gasteiger partial charge in [0.15, 0.2) is 0 Å². The number of rotatable bonds is 3. The summed E-state index contributed by atoms with van der Waals surface area (Å²) in [6.45, 7) is 3.92. The molecule has 0 saturated heterocycles. The van der Waals surface area contributed by atoms with Gasteiger partial charge in [0.2, 0.25) is 0 Å². The number of thiophene rings is 1. The standard InChI is InChI=1S/C14H14BrFS/c1-3-11-6-7-13(17-11)14(15)10-5-4-9(2)12(16)8-10/h4-8,14H,3H2,1-2H3. The highest BCUT2D eigenvalue weighted by molar-refractivity contribution is 9.09. The first-order chi connectivity index (χ1) is 8.11. The van der Waals surface area contributed by atoms with Crippen LogP contribution in [0.25, 0.3) is 0 Å². The van der Waals surface area contributed by atoms with Gasteiger partial charge in [-0.25, -0.2) is 4.39 Å². The molecule has 2 aromatic rings. The van der Waals surface area contributed by atoms with Gasteiger partial charge in [0.05, 0.1) is 4.83 Å². The van der Waals surface area contributed by atoms with E-state index in [1.807, 2.05) is 12.1 Å². The van der Waals surface area contributed by atoms with Gasteiger partial charge in [0.1, 0.15) is 5.82 Å². The quantitative estimate of drug-likeness (QED) is 0.680. The molecule has 0 spiro atoms. The van der Waals surface area contributed by atoms with E-state index in [0.29, 0.717) is 5.56 Å². The summed E-state index contributed by atoms with van der Waals surface area (Å²) in [4.78, 5) is 2.67. The van der Waals surface area contributed by atoms with Gasteiger partial charge in [0.25, 0.3) is 0 Å². The Balaban J connectivity index is 2.29. The van der Waals surface area contributed by atoms with E-state index in [1.54, 1.807) is 24.3 Å². The van der Waals surface area contributed by atoms with Crippen LogP contribution in [0, 0.1) is 12.7 Å². The smallest absolute Gasteiger partial charge is 0.126 e. The average molecular weight is 313 g/mol. The Kier molecular flexibility index (Phi) is 4.00. The van der Waals surface area contributed by atoms with Crippen LogP contribution in [0.2, 0.25) is 0 Å². The molecule has 3 heteroatoms. The van der Waals surface area contributed by atoms with Crippen molar-refractivity contribution >= 4 is 27.3 Å². The van der Waals surface area contributed by atoms with E-state index in [9.17, 15) is 4.39 Å². The molecule has 0 aliphatic heterocycles. The van der Waals surface area contributed by atoms with Crippen molar-refractivity contribution in [2.45, 2.75) is 25.1 Å². The van der Waals surface area contributed by atoms with Crippen LogP contribution in [-0.2, 0) is 6.42 Å². The molecule has 0 nitrogen and oxygen atoms in total. The maximum absolute atomic E-state index is 13.5. The molecule has 0 bridgehead atoms. The van der Waals surface area contributed by atoms with Gasteiger partial charge in [-0.3, -0.25) is 0 Å². The monoisotopic (exact) mass is 312 g/mol. The number of hydrogen-bond donors (Lipinski definition) is 0. The minimum Gasteiger partial charge on any atom is -0.207 e. The van der Waals surface area contributed by atoms with Crippen LogP contribution in [0.4, 0.5) is 4.39 Å². The number of hydrogen-bond acceptors (Lipinski definition) is 1. The van der Waals surface area contributed by atoms with Crippen molar-refractivity contribution in [1.82, 2.24) is 0 Å². The van der Waals surface area contributed by atoms with Crippen molar-refractivity contribution in [2.24, 2.45) is 0 Å². The molecule has 0 aliphatic carbocycles. The second-order valence-electron chi connectivity index (χ2n) is 4.03. The van der Waals surface area contributed by atoms with Gasteiger partial charge in [-0.15, -0.1) is 11.3 Å². The predicted octanol–water partition coefficient (Wildman–Crippen LogP) is 5.24. The third kappa shape index (κ3) is 2.78. The fourth-order valence-corrected chi connectivity index (χ4v) is 3.33. The number of halogens is 2. The van der Waals surface area contributed by atoms with Gasteiger partial charge < -0.3 is 0 Å². The molecule has 2 rings (SSSR count). The van der Waals surface area contributed by atoms with Gasteiger partial charge in [-0.2, -0.15) is 0 Å². The van der Waals surface area contributed by atoms with Crippen molar-refractivity contribution in [2.75, 3.05) is 0 Å². The highest BCUT2D eigenvalue weighted by atomic mass is 79.9. The lowest BCUT2D eigenvalue weighted by Gasteiger charge is -2.09. The van der Waals surface area contributed by atoms with Gasteiger partial charge in [-0.05, 0) is 42.7 Å². The first kappa shape index (κ1) is 12.8. The molecule has 1 aromatic carbocycles. The zero-order valence-electron chi connectivity index (χ0n) is 9.84. The van der Waals surface area contributed by atoms with Crippen LogP contribution >= 0.6 is 27.3 Å². The fraction of sp³-hybridized carbons (Fsp3) is 0.286. The first-order valence-corrected chi connectivity index (χ1v) is 7.33. The maximum Gasteiger partial charge on any atom is 0.126 e. The van der Waals surface area contributed by atoms with E-state index in [0.717, 1.165) is 12.0 Å². The Morgan fingerprint density at radius 1 is 1.29 bits per heavy atom. The van der Waals surface area contributed by atoms with Crippen LogP contribution in [-0.4, -0.2) is 0 Å². The van der Waals surface area contributed by atoms with Crippen LogP contribution in [0.15, 0.2) is 30.3 Å². The van der Waals surface area contributed by atoms with Crippen LogP contribution in [0.3, 0.4) is 0 Å². The summed E-state index contributed by atoms with van der Waals surface area (Å²) >= 11 is 5.42. The molecule has 1 unspecified atom stereocenters. The molecule has 0 N–H and O–H groups in total. The average Bonchev–Trinajstić information content (AvgIpc) is 2.80. The summed E-state index contributed by atoms with van der Waals surface area (Å²) in [5, 5.41) is 0. The van der Waals surface area contributed by atoms with E-state index < -0.39 is 0 Å². The molecule has 1 heterocycles. The van der Waals surface area contributed by atoms with E-state index >= 15 is 0 Å². The lowest BCUT2D eigenvalue weighted by Crippen LogP contribution is -1.92. The molecule has 0 saturated carbocycles. The van der Waals surface area contributed by atoms with Gasteiger partial charge in [0, 0.05) is 9.75 Å². The van der Waals surface area contributed by atoms with Crippen molar-refractivity contribution in [1.29, 1.82) is 0 Å². The molecule has 90 valence electrons. The minimum absolute atomic E-state index is 0.0860. The molecule has 0 fully saturated rings. The Labute approximate surface area is 114 Å². The summed E-state index contributed by atoms with van der Waals surface area (Å²) in [5.41, 5.74) is 1.66. The Hall–Kier alpha value is -0.670. The van der Waals surface area contributed by atoms with Crippen molar-refractivity contribution in [3.8, 4) is 0 Å². The summed E-state index contributed by atoms with van der Waals surface area (Å²) in [6.07, 6.45) is 1.05. The molecule has 1 aromatic heterocycles. The highest BCUT2D eigenvalue weighted by Gasteiger charge is 2.13. The Bertz CT molecular complexity index is 519. The van der Waals surface area contributed by atoms with Crippen molar-refractivity contribution in [3.05, 3.63) is 57.0 Å². The van der Waals surface area contributed by atoms with Crippen LogP contribution < -0.4 is 0 Å². The Morgan fingerprint density at radius 3 is 2.65 bits per heavy atom. The summed E-state index contributed by atoms with van der Waals surface area (Å²) < 4.78 is 13.5. The summed E-state index contributed by atoms with van der Waals surface area (Å²) in [7, 11) is 0. The Morgan fingerprint density at radius 2 is 2.06 bits per heavy atom. The van der Waals surface area contributed by atoms with E-state index in [2.05, 4.69) is 35.0 Å². The lowest BCUT2D eigenvalue weighted by molar-refractivity contribution is 0.616. The second-order valence-corrected chi connectivity index (χ2v) is 6.14. The maximum atomic E-state index is 13.5. The third-order valence-electron chi connectivity index (χ3n) is 2.77. The van der Waals surface area contributed by atoms with Gasteiger partial charge >= 0.3 is 0 Å². The SMILES string of the molecule is CCc1ccc(C(Br)c2ccc(C)c(F)c2)s1. The van der Waals surface area contributed by atoms with Gasteiger partial charge in [-0.1, -0.05) is 35.0 Å². The molecular formula is C14H14BrFS. The topological polar surface area (TPSA) is 0 Å². The zero-order valence-corrected chi connectivity index (χ0v) is 12.2. The molecule has 1 atom stereocenters. The fourth-order valence-electron chi connectivity index (χ4n) is 1.65. The molecule has 0 radical (unpaired) electrons. The largest absolute Gasteiger partial charge is 0.207 e. The van der Waals surface area contributed by atoms with E-state index in [-0.39, 0.29) is 10.6 Å². The number of alkyl halides is 1. The van der Waals surface area contributed by atoms with Crippen molar-refractivity contribution in [3.63, 3.8) is 0 Å². The summed E-state index contributed by atoms with van der Waals surface area (Å²) in [6, 6.07) is 9.66. The van der Waals surface area contributed by atoms with E-state index in [4.69, 9.17) is 0 Å². The lowest BCUT2D eigenvalue weighted by atomic mass is 10.1. The van der Waals surface area contributed by atoms with Crippen LogP contribution in [0.1, 0.15) is 32.6 Å². The molecule has 0 aliphatic rings. The predicted molar refractivity (Wildman–Crippen MR) is 75.6 cm³/mol. The minimum atomic E-state index is -0.140. The summed E-state index contributed by atoms with van der Waals surface area (Å²) in [5.74, 6) is -0.140. The molecule has 17 heavy (non-hydrogen) atoms. The van der Waals surface area contributed by atoms with Crippen molar-refractivity contribution < 1.29 is 4.39 Å². The second kappa shape index (κ2) is 5.32. The molecular weight excluding hydrogens is 299 g/mol.